The van der Waals surface area contributed by atoms with Crippen LogP contribution in [0.3, 0.4) is 0 Å². The molecule has 1 amide bonds. The maximum Gasteiger partial charge on any atom is 0.459 e. The van der Waals surface area contributed by atoms with Gasteiger partial charge in [0.2, 0.25) is 0 Å². The lowest BCUT2D eigenvalue weighted by Gasteiger charge is -2.29. The van der Waals surface area contributed by atoms with Crippen LogP contribution in [0.5, 0.6) is 0 Å². The number of anilines is 1. The Balaban J connectivity index is 1.60. The lowest BCUT2D eigenvalue weighted by molar-refractivity contribution is -0.249. The molecular weight excluding hydrogens is 531 g/mol. The first-order valence-electron chi connectivity index (χ1n) is 12.1. The molecule has 2 aromatic carbocycles. The number of hydrazone groups is 1. The Hall–Kier alpha value is -3.57. The molecule has 1 unspecified atom stereocenters. The van der Waals surface area contributed by atoms with Crippen molar-refractivity contribution in [2.45, 2.75) is 57.4 Å². The summed E-state index contributed by atoms with van der Waals surface area (Å²) in [6.45, 7) is 6.02. The van der Waals surface area contributed by atoms with Crippen molar-refractivity contribution in [1.82, 2.24) is 4.90 Å². The highest BCUT2D eigenvalue weighted by atomic mass is 19.4. The monoisotopic (exact) mass is 557 g/mol. The summed E-state index contributed by atoms with van der Waals surface area (Å²) < 4.78 is 101. The van der Waals surface area contributed by atoms with E-state index in [0.29, 0.717) is 25.6 Å². The van der Waals surface area contributed by atoms with Gasteiger partial charge in [-0.05, 0) is 56.5 Å². The summed E-state index contributed by atoms with van der Waals surface area (Å²) >= 11 is 0. The van der Waals surface area contributed by atoms with E-state index in [0.717, 1.165) is 28.3 Å². The summed E-state index contributed by atoms with van der Waals surface area (Å²) in [7, 11) is 0. The van der Waals surface area contributed by atoms with Crippen LogP contribution in [0.25, 0.3) is 5.57 Å². The van der Waals surface area contributed by atoms with Gasteiger partial charge in [0, 0.05) is 31.1 Å². The predicted molar refractivity (Wildman–Crippen MR) is 131 cm³/mol. The van der Waals surface area contributed by atoms with E-state index < -0.39 is 53.6 Å². The standard InChI is InChI=1S/C27H26F7N3O2/c1-25(2,3)39-24(38)36-12-10-17(11-13-36)16-4-7-19(8-5-16)37-22(20-9-6-18(28)14-21(20)29)15-23(35-37)26(30,31)27(32,33)34/h4-10,14,22H,11-13,15H2,1-3H3. The van der Waals surface area contributed by atoms with Crippen LogP contribution in [0, 0.1) is 11.6 Å². The van der Waals surface area contributed by atoms with Gasteiger partial charge in [0.05, 0.1) is 11.7 Å². The molecule has 0 aromatic heterocycles. The van der Waals surface area contributed by atoms with Crippen LogP contribution in [0.15, 0.2) is 53.6 Å². The number of nitrogens with zero attached hydrogens (tertiary/aromatic N) is 3. The molecule has 0 radical (unpaired) electrons. The van der Waals surface area contributed by atoms with Gasteiger partial charge < -0.3 is 9.64 Å². The molecule has 12 heteroatoms. The van der Waals surface area contributed by atoms with Gasteiger partial charge in [-0.2, -0.15) is 27.1 Å². The molecule has 0 N–H and O–H groups in total. The van der Waals surface area contributed by atoms with Crippen LogP contribution in [-0.4, -0.2) is 47.5 Å². The van der Waals surface area contributed by atoms with E-state index in [4.69, 9.17) is 4.74 Å². The predicted octanol–water partition coefficient (Wildman–Crippen LogP) is 7.49. The molecule has 0 saturated carbocycles. The van der Waals surface area contributed by atoms with Gasteiger partial charge in [0.25, 0.3) is 0 Å². The average molecular weight is 558 g/mol. The minimum Gasteiger partial charge on any atom is -0.444 e. The highest BCUT2D eigenvalue weighted by Gasteiger charge is 2.63. The Morgan fingerprint density at radius 2 is 1.67 bits per heavy atom. The first kappa shape index (κ1) is 28.4. The molecule has 5 nitrogen and oxygen atoms in total. The van der Waals surface area contributed by atoms with E-state index in [1.807, 2.05) is 6.08 Å². The van der Waals surface area contributed by atoms with Crippen LogP contribution in [0.4, 0.5) is 41.2 Å². The van der Waals surface area contributed by atoms with Crippen molar-refractivity contribution in [3.8, 4) is 0 Å². The fraction of sp³-hybridized carbons (Fsp3) is 0.407. The second-order valence-electron chi connectivity index (χ2n) is 10.3. The van der Waals surface area contributed by atoms with E-state index in [1.54, 1.807) is 37.8 Å². The molecule has 0 spiro atoms. The number of ether oxygens (including phenoxy) is 1. The van der Waals surface area contributed by atoms with Gasteiger partial charge >= 0.3 is 18.2 Å². The average Bonchev–Trinajstić information content (AvgIpc) is 3.28. The van der Waals surface area contributed by atoms with Crippen molar-refractivity contribution in [1.29, 1.82) is 0 Å². The summed E-state index contributed by atoms with van der Waals surface area (Å²) in [6.07, 6.45) is -4.90. The van der Waals surface area contributed by atoms with Gasteiger partial charge in [0.15, 0.2) is 0 Å². The fourth-order valence-electron chi connectivity index (χ4n) is 4.37. The third kappa shape index (κ3) is 6.04. The number of hydrogen-bond acceptors (Lipinski definition) is 4. The van der Waals surface area contributed by atoms with Crippen molar-refractivity contribution in [3.05, 3.63) is 71.3 Å². The summed E-state index contributed by atoms with van der Waals surface area (Å²) in [5.41, 5.74) is -0.576. The summed E-state index contributed by atoms with van der Waals surface area (Å²) in [4.78, 5) is 13.8. The van der Waals surface area contributed by atoms with Crippen molar-refractivity contribution < 1.29 is 40.3 Å². The lowest BCUT2D eigenvalue weighted by atomic mass is 9.97. The Kier molecular flexibility index (Phi) is 7.44. The molecule has 1 atom stereocenters. The Morgan fingerprint density at radius 3 is 2.21 bits per heavy atom. The van der Waals surface area contributed by atoms with Gasteiger partial charge in [-0.1, -0.05) is 24.3 Å². The van der Waals surface area contributed by atoms with Crippen molar-refractivity contribution in [2.75, 3.05) is 18.1 Å². The van der Waals surface area contributed by atoms with E-state index in [2.05, 4.69) is 5.10 Å². The van der Waals surface area contributed by atoms with Crippen molar-refractivity contribution >= 4 is 23.1 Å². The third-order valence-electron chi connectivity index (χ3n) is 6.31. The smallest absolute Gasteiger partial charge is 0.444 e. The molecule has 0 aliphatic carbocycles. The number of rotatable bonds is 4. The van der Waals surface area contributed by atoms with Crippen molar-refractivity contribution in [3.63, 3.8) is 0 Å². The van der Waals surface area contributed by atoms with Crippen LogP contribution in [-0.2, 0) is 4.74 Å². The molecule has 2 aliphatic heterocycles. The van der Waals surface area contributed by atoms with Gasteiger partial charge in [-0.3, -0.25) is 5.01 Å². The summed E-state index contributed by atoms with van der Waals surface area (Å²) in [5, 5.41) is 4.46. The number of alkyl halides is 5. The Labute approximate surface area is 220 Å². The van der Waals surface area contributed by atoms with Crippen molar-refractivity contribution in [2.24, 2.45) is 5.10 Å². The second-order valence-corrected chi connectivity index (χ2v) is 10.3. The Bertz CT molecular complexity index is 1300. The zero-order valence-corrected chi connectivity index (χ0v) is 21.3. The molecule has 0 saturated heterocycles. The zero-order chi connectivity index (χ0) is 28.8. The topological polar surface area (TPSA) is 45.1 Å². The second kappa shape index (κ2) is 10.2. The number of hydrogen-bond donors (Lipinski definition) is 0. The summed E-state index contributed by atoms with van der Waals surface area (Å²) in [5.74, 6) is -7.24. The fourth-order valence-corrected chi connectivity index (χ4v) is 4.37. The molecular formula is C27H26F7N3O2. The van der Waals surface area contributed by atoms with Gasteiger partial charge in [0.1, 0.15) is 22.9 Å². The number of amides is 1. The molecule has 0 bridgehead atoms. The maximum absolute atomic E-state index is 14.6. The molecule has 39 heavy (non-hydrogen) atoms. The minimum absolute atomic E-state index is 0.146. The molecule has 210 valence electrons. The Morgan fingerprint density at radius 1 is 1.00 bits per heavy atom. The van der Waals surface area contributed by atoms with Gasteiger partial charge in [-0.15, -0.1) is 0 Å². The molecule has 4 rings (SSSR count). The number of benzene rings is 2. The quantitative estimate of drug-likeness (QED) is 0.366. The van der Waals surface area contributed by atoms with Crippen LogP contribution >= 0.6 is 0 Å². The number of carbonyl (C=O) groups is 1. The number of carbonyl (C=O) groups excluding carboxylic acids is 1. The van der Waals surface area contributed by atoms with E-state index in [-0.39, 0.29) is 11.3 Å². The minimum atomic E-state index is -5.89. The van der Waals surface area contributed by atoms with Gasteiger partial charge in [-0.25, -0.2) is 13.6 Å². The SMILES string of the molecule is CC(C)(C)OC(=O)N1CC=C(c2ccc(N3N=C(C(F)(F)C(F)(F)F)CC3c3ccc(F)cc3F)cc2)CC1. The van der Waals surface area contributed by atoms with E-state index in [1.165, 1.54) is 12.1 Å². The zero-order valence-electron chi connectivity index (χ0n) is 21.3. The first-order chi connectivity index (χ1) is 18.1. The van der Waals surface area contributed by atoms with Crippen LogP contribution < -0.4 is 5.01 Å². The lowest BCUT2D eigenvalue weighted by Crippen LogP contribution is -2.43. The largest absolute Gasteiger partial charge is 0.459 e. The maximum atomic E-state index is 14.6. The molecule has 2 aromatic rings. The van der Waals surface area contributed by atoms with Crippen LogP contribution in [0.2, 0.25) is 0 Å². The normalized spacial score (nSPS) is 18.7. The van der Waals surface area contributed by atoms with Crippen LogP contribution in [0.1, 0.15) is 50.8 Å². The summed E-state index contributed by atoms with van der Waals surface area (Å²) in [6, 6.07) is 7.31. The highest BCUT2D eigenvalue weighted by molar-refractivity contribution is 5.95. The van der Waals surface area contributed by atoms with E-state index >= 15 is 0 Å². The molecule has 2 heterocycles. The first-order valence-corrected chi connectivity index (χ1v) is 12.1. The van der Waals surface area contributed by atoms with E-state index in [9.17, 15) is 35.5 Å². The molecule has 0 fully saturated rings. The molecule has 2 aliphatic rings. The highest BCUT2D eigenvalue weighted by Crippen LogP contribution is 2.45. The number of halogens is 7. The third-order valence-corrected chi connectivity index (χ3v) is 6.31.